The zero-order valence-electron chi connectivity index (χ0n) is 12.2. The summed E-state index contributed by atoms with van der Waals surface area (Å²) in [4.78, 5) is 29.7. The van der Waals surface area contributed by atoms with Gasteiger partial charge in [0, 0.05) is 0 Å². The van der Waals surface area contributed by atoms with Crippen LogP contribution in [0.5, 0.6) is 0 Å². The third-order valence-electron chi connectivity index (χ3n) is 2.18. The van der Waals surface area contributed by atoms with Gasteiger partial charge in [-0.25, -0.2) is 4.79 Å². The number of carbonyl (C=O) groups excluding carboxylic acids is 2. The van der Waals surface area contributed by atoms with E-state index < -0.39 is 17.9 Å². The van der Waals surface area contributed by atoms with Crippen LogP contribution >= 0.6 is 0 Å². The minimum absolute atomic E-state index is 0. The second-order valence-corrected chi connectivity index (χ2v) is 3.81. The van der Waals surface area contributed by atoms with Crippen molar-refractivity contribution < 1.29 is 60.0 Å². The molecule has 3 aromatic rings. The predicted molar refractivity (Wildman–Crippen MR) is 71.7 cm³/mol. The number of carboxylic acid groups (broad SMARTS) is 3. The molecule has 0 spiro atoms. The van der Waals surface area contributed by atoms with Crippen molar-refractivity contribution in [3.8, 4) is 0 Å². The maximum absolute atomic E-state index is 9.97. The zero-order chi connectivity index (χ0) is 17.9. The fraction of sp³-hybridized carbons (Fsp3) is 0. The summed E-state index contributed by atoms with van der Waals surface area (Å²) in [7, 11) is 0. The number of rotatable bonds is 3. The Balaban J connectivity index is 0.000000339. The molecule has 0 atom stereocenters. The fourth-order valence-corrected chi connectivity index (χ4v) is 1.19. The van der Waals surface area contributed by atoms with Gasteiger partial charge in [0.15, 0.2) is 0 Å². The molecule has 0 unspecified atom stereocenters. The predicted octanol–water partition coefficient (Wildman–Crippen LogP) is 0.262. The number of carbonyl (C=O) groups is 3. The summed E-state index contributed by atoms with van der Waals surface area (Å²) in [5.74, 6) is -3.89. The molecule has 3 aromatic heterocycles. The van der Waals surface area contributed by atoms with Crippen molar-refractivity contribution >= 4 is 17.9 Å². The first-order chi connectivity index (χ1) is 11.4. The summed E-state index contributed by atoms with van der Waals surface area (Å²) in [5, 5.41) is 27.9. The monoisotopic (exact) mass is 397 g/mol. The molecular formula is C15H10CuO9. The first-order valence-corrected chi connectivity index (χ1v) is 6.18. The summed E-state index contributed by atoms with van der Waals surface area (Å²) in [6.45, 7) is 0. The number of carboxylic acids is 3. The van der Waals surface area contributed by atoms with E-state index in [0.717, 1.165) is 0 Å². The third kappa shape index (κ3) is 8.26. The average Bonchev–Trinajstić information content (AvgIpc) is 3.29. The van der Waals surface area contributed by atoms with Gasteiger partial charge in [0.2, 0.25) is 5.76 Å². The van der Waals surface area contributed by atoms with Crippen molar-refractivity contribution in [2.45, 2.75) is 0 Å². The Hall–Kier alpha value is -3.23. The van der Waals surface area contributed by atoms with E-state index in [0.29, 0.717) is 0 Å². The van der Waals surface area contributed by atoms with Crippen LogP contribution in [-0.4, -0.2) is 23.0 Å². The molecule has 1 radical (unpaired) electrons. The van der Waals surface area contributed by atoms with Crippen molar-refractivity contribution in [2.24, 2.45) is 0 Å². The summed E-state index contributed by atoms with van der Waals surface area (Å²) >= 11 is 0. The van der Waals surface area contributed by atoms with Crippen LogP contribution < -0.4 is 10.2 Å². The molecule has 0 aromatic carbocycles. The summed E-state index contributed by atoms with van der Waals surface area (Å²) in [5.41, 5.74) is 0. The van der Waals surface area contributed by atoms with Crippen LogP contribution in [-0.2, 0) is 17.1 Å². The van der Waals surface area contributed by atoms with Gasteiger partial charge in [-0.2, -0.15) is 0 Å². The smallest absolute Gasteiger partial charge is 0.542 e. The van der Waals surface area contributed by atoms with E-state index in [9.17, 15) is 24.6 Å². The Kier molecular flexibility index (Phi) is 9.86. The van der Waals surface area contributed by atoms with Gasteiger partial charge in [-0.3, -0.25) is 0 Å². The molecule has 0 saturated carbocycles. The molecule has 0 fully saturated rings. The van der Waals surface area contributed by atoms with Crippen LogP contribution in [0.25, 0.3) is 0 Å². The Bertz CT molecular complexity index is 638. The van der Waals surface area contributed by atoms with E-state index in [1.165, 1.54) is 55.2 Å². The minimum atomic E-state index is -1.28. The van der Waals surface area contributed by atoms with E-state index in [4.69, 9.17) is 5.11 Å². The van der Waals surface area contributed by atoms with Crippen LogP contribution in [0, 0.1) is 0 Å². The molecule has 0 aliphatic carbocycles. The fourth-order valence-electron chi connectivity index (χ4n) is 1.19. The number of aromatic carboxylic acids is 3. The number of furan rings is 3. The second kappa shape index (κ2) is 11.3. The van der Waals surface area contributed by atoms with Gasteiger partial charge >= 0.3 is 23.0 Å². The Morgan fingerprint density at radius 1 is 0.720 bits per heavy atom. The van der Waals surface area contributed by atoms with Gasteiger partial charge in [0.25, 0.3) is 0 Å². The molecule has 0 amide bonds. The third-order valence-corrected chi connectivity index (χ3v) is 2.18. The van der Waals surface area contributed by atoms with Crippen molar-refractivity contribution in [3.05, 3.63) is 72.5 Å². The SMILES string of the molecule is O=C(O)c1ccco1.O=C([O-])c1ccco1.O=C([O-])c1ccco1.[Cu+2]. The Labute approximate surface area is 150 Å². The maximum Gasteiger partial charge on any atom is 2.00 e. The van der Waals surface area contributed by atoms with Gasteiger partial charge in [-0.1, -0.05) is 0 Å². The van der Waals surface area contributed by atoms with Crippen molar-refractivity contribution in [1.29, 1.82) is 0 Å². The van der Waals surface area contributed by atoms with E-state index in [1.807, 2.05) is 0 Å². The van der Waals surface area contributed by atoms with E-state index >= 15 is 0 Å². The largest absolute Gasteiger partial charge is 2.00 e. The molecule has 0 bridgehead atoms. The summed E-state index contributed by atoms with van der Waals surface area (Å²) in [6, 6.07) is 8.56. The van der Waals surface area contributed by atoms with E-state index in [2.05, 4.69) is 13.3 Å². The Morgan fingerprint density at radius 3 is 1.16 bits per heavy atom. The van der Waals surface area contributed by atoms with Crippen LogP contribution in [0.2, 0.25) is 0 Å². The standard InChI is InChI=1S/3C5H4O3.Cu/c3*6-5(7)4-2-1-3-8-4;/h3*1-3H,(H,6,7);/q;;;+2/p-2. The number of hydrogen-bond acceptors (Lipinski definition) is 8. The normalized spacial score (nSPS) is 8.64. The van der Waals surface area contributed by atoms with Gasteiger partial charge < -0.3 is 38.2 Å². The van der Waals surface area contributed by atoms with Gasteiger partial charge in [-0.05, 0) is 36.4 Å². The molecule has 0 aliphatic rings. The summed E-state index contributed by atoms with van der Waals surface area (Å²) < 4.78 is 13.4. The van der Waals surface area contributed by atoms with Crippen LogP contribution in [0.1, 0.15) is 31.7 Å². The maximum atomic E-state index is 9.97. The molecule has 25 heavy (non-hydrogen) atoms. The topological polar surface area (TPSA) is 157 Å². The van der Waals surface area contributed by atoms with Crippen molar-refractivity contribution in [3.63, 3.8) is 0 Å². The number of hydrogen-bond donors (Lipinski definition) is 1. The van der Waals surface area contributed by atoms with Crippen LogP contribution in [0.3, 0.4) is 0 Å². The second-order valence-electron chi connectivity index (χ2n) is 3.81. The molecule has 3 heterocycles. The molecule has 1 N–H and O–H groups in total. The van der Waals surface area contributed by atoms with Gasteiger partial charge in [0.05, 0.1) is 18.8 Å². The van der Waals surface area contributed by atoms with Gasteiger partial charge in [-0.15, -0.1) is 0 Å². The minimum Gasteiger partial charge on any atom is -0.542 e. The zero-order valence-corrected chi connectivity index (χ0v) is 13.2. The molecule has 9 nitrogen and oxygen atoms in total. The molecule has 135 valence electrons. The van der Waals surface area contributed by atoms with Crippen LogP contribution in [0.15, 0.2) is 68.4 Å². The molecular weight excluding hydrogens is 388 g/mol. The first kappa shape index (κ1) is 21.8. The Morgan fingerprint density at radius 2 is 1.04 bits per heavy atom. The van der Waals surface area contributed by atoms with Crippen molar-refractivity contribution in [1.82, 2.24) is 0 Å². The van der Waals surface area contributed by atoms with Crippen LogP contribution in [0.4, 0.5) is 0 Å². The average molecular weight is 398 g/mol. The molecule has 0 aliphatic heterocycles. The van der Waals surface area contributed by atoms with Gasteiger partial charge in [0.1, 0.15) is 23.5 Å². The van der Waals surface area contributed by atoms with E-state index in [-0.39, 0.29) is 34.3 Å². The molecule has 10 heteroatoms. The quantitative estimate of drug-likeness (QED) is 0.612. The first-order valence-electron chi connectivity index (χ1n) is 6.18. The molecule has 3 rings (SSSR count). The van der Waals surface area contributed by atoms with Crippen molar-refractivity contribution in [2.75, 3.05) is 0 Å². The molecule has 0 saturated heterocycles. The van der Waals surface area contributed by atoms with E-state index in [1.54, 1.807) is 0 Å². The summed E-state index contributed by atoms with van der Waals surface area (Å²) in [6.07, 6.45) is 3.89.